The molecule has 8 heteroatoms. The minimum atomic E-state index is -0.482. The Bertz CT molecular complexity index is 1140. The Morgan fingerprint density at radius 1 is 1.13 bits per heavy atom. The van der Waals surface area contributed by atoms with Crippen molar-refractivity contribution in [2.24, 2.45) is 7.05 Å². The fourth-order valence-electron chi connectivity index (χ4n) is 3.09. The van der Waals surface area contributed by atoms with Gasteiger partial charge in [-0.25, -0.2) is 0 Å². The Morgan fingerprint density at radius 3 is 2.71 bits per heavy atom. The number of aromatic nitrogens is 3. The van der Waals surface area contributed by atoms with Gasteiger partial charge in [0.15, 0.2) is 5.16 Å². The van der Waals surface area contributed by atoms with Crippen molar-refractivity contribution in [3.63, 3.8) is 0 Å². The molecular formula is C23H22N4O2S2. The number of benzene rings is 2. The summed E-state index contributed by atoms with van der Waals surface area (Å²) in [5.41, 5.74) is 1.58. The van der Waals surface area contributed by atoms with E-state index in [1.54, 1.807) is 24.5 Å². The van der Waals surface area contributed by atoms with Gasteiger partial charge in [-0.2, -0.15) is 0 Å². The van der Waals surface area contributed by atoms with Gasteiger partial charge in [0.2, 0.25) is 5.91 Å². The zero-order chi connectivity index (χ0) is 21.6. The number of hydrogen-bond acceptors (Lipinski definition) is 6. The van der Waals surface area contributed by atoms with Crippen molar-refractivity contribution in [1.82, 2.24) is 14.8 Å². The van der Waals surface area contributed by atoms with E-state index in [1.807, 2.05) is 66.2 Å². The highest BCUT2D eigenvalue weighted by Gasteiger charge is 2.25. The molecule has 0 saturated heterocycles. The van der Waals surface area contributed by atoms with Crippen molar-refractivity contribution in [2.45, 2.75) is 16.8 Å². The van der Waals surface area contributed by atoms with E-state index in [-0.39, 0.29) is 5.91 Å². The van der Waals surface area contributed by atoms with Crippen LogP contribution in [0.15, 0.2) is 77.3 Å². The van der Waals surface area contributed by atoms with Crippen molar-refractivity contribution in [3.8, 4) is 5.75 Å². The molecular weight excluding hydrogens is 428 g/mol. The summed E-state index contributed by atoms with van der Waals surface area (Å²) in [4.78, 5) is 14.5. The summed E-state index contributed by atoms with van der Waals surface area (Å²) in [6.45, 7) is 0. The highest BCUT2D eigenvalue weighted by atomic mass is 32.2. The molecule has 0 saturated carbocycles. The van der Waals surface area contributed by atoms with Crippen LogP contribution in [0, 0.1) is 0 Å². The Labute approximate surface area is 189 Å². The Balaban J connectivity index is 1.57. The monoisotopic (exact) mass is 450 g/mol. The van der Waals surface area contributed by atoms with Gasteiger partial charge in [-0.15, -0.1) is 21.5 Å². The largest absolute Gasteiger partial charge is 0.497 e. The number of amides is 1. The van der Waals surface area contributed by atoms with Gasteiger partial charge in [-0.05, 0) is 29.1 Å². The third-order valence-electron chi connectivity index (χ3n) is 4.74. The molecule has 1 atom stereocenters. The van der Waals surface area contributed by atoms with E-state index in [0.717, 1.165) is 11.4 Å². The number of anilines is 1. The fraction of sp³-hybridized carbons (Fsp3) is 0.174. The van der Waals surface area contributed by atoms with Crippen LogP contribution in [0.3, 0.4) is 0 Å². The highest BCUT2D eigenvalue weighted by molar-refractivity contribution is 8.00. The normalized spacial score (nSPS) is 11.8. The summed E-state index contributed by atoms with van der Waals surface area (Å²) in [5, 5.41) is 14.0. The fourth-order valence-corrected chi connectivity index (χ4v) is 4.81. The summed E-state index contributed by atoms with van der Waals surface area (Å²) in [7, 11) is 3.54. The van der Waals surface area contributed by atoms with E-state index < -0.39 is 5.25 Å². The zero-order valence-corrected chi connectivity index (χ0v) is 18.8. The molecule has 0 aliphatic carbocycles. The number of thioether (sulfide) groups is 1. The van der Waals surface area contributed by atoms with E-state index in [4.69, 9.17) is 4.74 Å². The molecule has 0 radical (unpaired) electrons. The minimum absolute atomic E-state index is 0.132. The molecule has 31 heavy (non-hydrogen) atoms. The van der Waals surface area contributed by atoms with Crippen LogP contribution >= 0.6 is 23.1 Å². The Hall–Kier alpha value is -3.10. The van der Waals surface area contributed by atoms with Crippen LogP contribution in [0.25, 0.3) is 0 Å². The van der Waals surface area contributed by atoms with Gasteiger partial charge in [0.25, 0.3) is 0 Å². The maximum Gasteiger partial charge on any atom is 0.242 e. The maximum atomic E-state index is 13.3. The number of ether oxygens (including phenoxy) is 1. The molecule has 6 nitrogen and oxygen atoms in total. The number of methoxy groups -OCH3 is 1. The van der Waals surface area contributed by atoms with Crippen LogP contribution in [-0.4, -0.2) is 27.8 Å². The predicted molar refractivity (Wildman–Crippen MR) is 125 cm³/mol. The van der Waals surface area contributed by atoms with E-state index in [1.165, 1.54) is 16.6 Å². The van der Waals surface area contributed by atoms with Crippen LogP contribution in [0.5, 0.6) is 5.75 Å². The first-order valence-electron chi connectivity index (χ1n) is 9.71. The van der Waals surface area contributed by atoms with Crippen molar-refractivity contribution in [1.29, 1.82) is 0 Å². The van der Waals surface area contributed by atoms with Crippen molar-refractivity contribution in [3.05, 3.63) is 88.4 Å². The quantitative estimate of drug-likeness (QED) is 0.385. The lowest BCUT2D eigenvalue weighted by Gasteiger charge is -2.17. The summed E-state index contributed by atoms with van der Waals surface area (Å²) >= 11 is 3.08. The van der Waals surface area contributed by atoms with Crippen LogP contribution < -0.4 is 10.1 Å². The standard InChI is InChI=1S/C23H22N4O2S2/c1-27-20(15-19-12-7-13-30-19)25-26-23(27)31-21(16-8-4-3-5-9-16)22(28)24-17-10-6-11-18(14-17)29-2/h3-14,21H,15H2,1-2H3,(H,24,28)/t21-/m0/s1. The second kappa shape index (κ2) is 9.80. The molecule has 0 spiro atoms. The van der Waals surface area contributed by atoms with E-state index in [0.29, 0.717) is 23.0 Å². The molecule has 0 unspecified atom stereocenters. The molecule has 4 rings (SSSR count). The molecule has 1 N–H and O–H groups in total. The molecule has 0 aliphatic rings. The smallest absolute Gasteiger partial charge is 0.242 e. The van der Waals surface area contributed by atoms with Gasteiger partial charge in [-0.3, -0.25) is 4.79 Å². The molecule has 2 heterocycles. The third kappa shape index (κ3) is 5.15. The maximum absolute atomic E-state index is 13.3. The zero-order valence-electron chi connectivity index (χ0n) is 17.2. The van der Waals surface area contributed by atoms with Crippen LogP contribution in [0.2, 0.25) is 0 Å². The van der Waals surface area contributed by atoms with Gasteiger partial charge in [0.1, 0.15) is 16.8 Å². The van der Waals surface area contributed by atoms with Gasteiger partial charge < -0.3 is 14.6 Å². The van der Waals surface area contributed by atoms with Crippen molar-refractivity contribution < 1.29 is 9.53 Å². The van der Waals surface area contributed by atoms with Gasteiger partial charge in [-0.1, -0.05) is 54.2 Å². The Kier molecular flexibility index (Phi) is 6.69. The average molecular weight is 451 g/mol. The first-order chi connectivity index (χ1) is 15.1. The second-order valence-electron chi connectivity index (χ2n) is 6.84. The lowest BCUT2D eigenvalue weighted by Crippen LogP contribution is -2.19. The first-order valence-corrected chi connectivity index (χ1v) is 11.5. The lowest BCUT2D eigenvalue weighted by atomic mass is 10.1. The third-order valence-corrected chi connectivity index (χ3v) is 6.90. The van der Waals surface area contributed by atoms with E-state index >= 15 is 0 Å². The number of nitrogens with one attached hydrogen (secondary N) is 1. The number of carbonyl (C=O) groups excluding carboxylic acids is 1. The molecule has 0 aliphatic heterocycles. The topological polar surface area (TPSA) is 69.0 Å². The Morgan fingerprint density at radius 2 is 1.97 bits per heavy atom. The van der Waals surface area contributed by atoms with Gasteiger partial charge >= 0.3 is 0 Å². The molecule has 4 aromatic rings. The van der Waals surface area contributed by atoms with E-state index in [2.05, 4.69) is 27.0 Å². The molecule has 2 aromatic heterocycles. The molecule has 0 fully saturated rings. The summed E-state index contributed by atoms with van der Waals surface area (Å²) in [6, 6.07) is 21.1. The summed E-state index contributed by atoms with van der Waals surface area (Å²) < 4.78 is 7.22. The van der Waals surface area contributed by atoms with Crippen molar-refractivity contribution >= 4 is 34.7 Å². The lowest BCUT2D eigenvalue weighted by molar-refractivity contribution is -0.115. The van der Waals surface area contributed by atoms with Gasteiger partial charge in [0.05, 0.1) is 7.11 Å². The molecule has 1 amide bonds. The number of nitrogens with zero attached hydrogens (tertiary/aromatic N) is 3. The van der Waals surface area contributed by atoms with Gasteiger partial charge in [0, 0.05) is 30.1 Å². The van der Waals surface area contributed by atoms with E-state index in [9.17, 15) is 4.79 Å². The predicted octanol–water partition coefficient (Wildman–Crippen LogP) is 4.95. The van der Waals surface area contributed by atoms with Crippen LogP contribution in [0.4, 0.5) is 5.69 Å². The highest BCUT2D eigenvalue weighted by Crippen LogP contribution is 2.35. The average Bonchev–Trinajstić information content (AvgIpc) is 3.43. The SMILES string of the molecule is COc1cccc(NC(=O)[C@@H](Sc2nnc(Cc3cccs3)n2C)c2ccccc2)c1. The van der Waals surface area contributed by atoms with Crippen LogP contribution in [0.1, 0.15) is 21.5 Å². The van der Waals surface area contributed by atoms with Crippen molar-refractivity contribution in [2.75, 3.05) is 12.4 Å². The number of hydrogen-bond donors (Lipinski definition) is 1. The molecule has 158 valence electrons. The minimum Gasteiger partial charge on any atom is -0.497 e. The number of thiophene rings is 1. The second-order valence-corrected chi connectivity index (χ2v) is 8.95. The first kappa shape index (κ1) is 21.1. The molecule has 2 aromatic carbocycles. The summed E-state index contributed by atoms with van der Waals surface area (Å²) in [5.74, 6) is 1.42. The van der Waals surface area contributed by atoms with Crippen LogP contribution in [-0.2, 0) is 18.3 Å². The summed E-state index contributed by atoms with van der Waals surface area (Å²) in [6.07, 6.45) is 0.716. The number of rotatable bonds is 8. The number of carbonyl (C=O) groups is 1. The molecule has 0 bridgehead atoms.